The molecule has 0 saturated carbocycles. The molecule has 1 aromatic carbocycles. The number of urea groups is 1. The zero-order valence-corrected chi connectivity index (χ0v) is 14.7. The Labute approximate surface area is 140 Å². The molecule has 3 rings (SSSR count). The summed E-state index contributed by atoms with van der Waals surface area (Å²) >= 11 is 0. The maximum Gasteiger partial charge on any atom is 0.320 e. The summed E-state index contributed by atoms with van der Waals surface area (Å²) in [6.07, 6.45) is 2.40. The maximum atomic E-state index is 12.7. The van der Waals surface area contributed by atoms with E-state index in [1.54, 1.807) is 0 Å². The van der Waals surface area contributed by atoms with Gasteiger partial charge in [0, 0.05) is 45.0 Å². The highest BCUT2D eigenvalue weighted by atomic mass is 16.2. The molecule has 2 fully saturated rings. The van der Waals surface area contributed by atoms with Gasteiger partial charge in [0.15, 0.2) is 0 Å². The van der Waals surface area contributed by atoms with Crippen molar-refractivity contribution in [2.45, 2.75) is 33.6 Å². The number of hydrogen-bond acceptors (Lipinski definition) is 2. The average molecular weight is 315 g/mol. The largest absolute Gasteiger partial charge is 0.368 e. The lowest BCUT2D eigenvalue weighted by Crippen LogP contribution is -2.54. The third-order valence-corrected chi connectivity index (χ3v) is 5.39. The highest BCUT2D eigenvalue weighted by Crippen LogP contribution is 2.24. The highest BCUT2D eigenvalue weighted by Gasteiger charge is 2.28. The lowest BCUT2D eigenvalue weighted by molar-refractivity contribution is 0.129. The van der Waals surface area contributed by atoms with Crippen molar-refractivity contribution in [2.75, 3.05) is 44.2 Å². The standard InChI is InChI=1S/C19H29N3O/c1-15-6-5-9-22(14-15)19(23)21-12-10-20(11-13-21)18-8-4-7-16(2)17(18)3/h4,7-8,15H,5-6,9-14H2,1-3H3. The SMILES string of the molecule is Cc1cccc(N2CCN(C(=O)N3CCCC(C)C3)CC2)c1C. The van der Waals surface area contributed by atoms with E-state index in [1.165, 1.54) is 23.2 Å². The number of piperazine rings is 1. The van der Waals surface area contributed by atoms with Gasteiger partial charge < -0.3 is 14.7 Å². The number of benzene rings is 1. The molecular formula is C19H29N3O. The summed E-state index contributed by atoms with van der Waals surface area (Å²) in [4.78, 5) is 19.2. The van der Waals surface area contributed by atoms with Crippen LogP contribution in [0.3, 0.4) is 0 Å². The smallest absolute Gasteiger partial charge is 0.320 e. The van der Waals surface area contributed by atoms with Crippen molar-refractivity contribution in [1.82, 2.24) is 9.80 Å². The molecule has 2 amide bonds. The minimum absolute atomic E-state index is 0.247. The van der Waals surface area contributed by atoms with Crippen molar-refractivity contribution >= 4 is 11.7 Å². The summed E-state index contributed by atoms with van der Waals surface area (Å²) in [5.74, 6) is 0.643. The van der Waals surface area contributed by atoms with Crippen molar-refractivity contribution in [2.24, 2.45) is 5.92 Å². The predicted octanol–water partition coefficient (Wildman–Crippen LogP) is 3.28. The first-order chi connectivity index (χ1) is 11.1. The van der Waals surface area contributed by atoms with Gasteiger partial charge in [-0.2, -0.15) is 0 Å². The van der Waals surface area contributed by atoms with E-state index in [4.69, 9.17) is 0 Å². The van der Waals surface area contributed by atoms with Gasteiger partial charge in [0.25, 0.3) is 0 Å². The number of aryl methyl sites for hydroxylation is 1. The lowest BCUT2D eigenvalue weighted by Gasteiger charge is -2.40. The Morgan fingerprint density at radius 2 is 1.78 bits per heavy atom. The van der Waals surface area contributed by atoms with Crippen LogP contribution in [-0.2, 0) is 0 Å². The van der Waals surface area contributed by atoms with E-state index >= 15 is 0 Å². The monoisotopic (exact) mass is 315 g/mol. The fourth-order valence-electron chi connectivity index (χ4n) is 3.78. The van der Waals surface area contributed by atoms with E-state index in [0.29, 0.717) is 5.92 Å². The van der Waals surface area contributed by atoms with Gasteiger partial charge in [-0.3, -0.25) is 0 Å². The molecule has 4 nitrogen and oxygen atoms in total. The quantitative estimate of drug-likeness (QED) is 0.795. The molecule has 1 atom stereocenters. The number of carbonyl (C=O) groups excluding carboxylic acids is 1. The Morgan fingerprint density at radius 1 is 1.04 bits per heavy atom. The summed E-state index contributed by atoms with van der Waals surface area (Å²) in [5.41, 5.74) is 4.02. The first-order valence-corrected chi connectivity index (χ1v) is 8.91. The lowest BCUT2D eigenvalue weighted by atomic mass is 10.0. The Kier molecular flexibility index (Phi) is 4.79. The van der Waals surface area contributed by atoms with Gasteiger partial charge in [0.05, 0.1) is 0 Å². The van der Waals surface area contributed by atoms with Gasteiger partial charge in [-0.25, -0.2) is 4.79 Å². The molecule has 4 heteroatoms. The topological polar surface area (TPSA) is 26.8 Å². The predicted molar refractivity (Wildman–Crippen MR) is 95.1 cm³/mol. The Morgan fingerprint density at radius 3 is 2.48 bits per heavy atom. The van der Waals surface area contributed by atoms with Crippen LogP contribution in [0.1, 0.15) is 30.9 Å². The van der Waals surface area contributed by atoms with E-state index in [2.05, 4.69) is 48.8 Å². The van der Waals surface area contributed by atoms with E-state index < -0.39 is 0 Å². The summed E-state index contributed by atoms with van der Waals surface area (Å²) in [5, 5.41) is 0. The summed E-state index contributed by atoms with van der Waals surface area (Å²) in [6, 6.07) is 6.74. The molecule has 0 N–H and O–H groups in total. The van der Waals surface area contributed by atoms with Crippen LogP contribution in [-0.4, -0.2) is 55.1 Å². The molecule has 2 aliphatic rings. The zero-order valence-electron chi connectivity index (χ0n) is 14.7. The molecule has 1 unspecified atom stereocenters. The average Bonchev–Trinajstić information content (AvgIpc) is 2.57. The van der Waals surface area contributed by atoms with Crippen LogP contribution >= 0.6 is 0 Å². The van der Waals surface area contributed by atoms with Crippen molar-refractivity contribution in [3.63, 3.8) is 0 Å². The first-order valence-electron chi connectivity index (χ1n) is 8.91. The molecule has 0 spiro atoms. The fourth-order valence-corrected chi connectivity index (χ4v) is 3.78. The van der Waals surface area contributed by atoms with Crippen LogP contribution in [0.15, 0.2) is 18.2 Å². The first kappa shape index (κ1) is 16.2. The normalized spacial score (nSPS) is 22.4. The van der Waals surface area contributed by atoms with Crippen LogP contribution in [0.4, 0.5) is 10.5 Å². The van der Waals surface area contributed by atoms with Gasteiger partial charge in [0.2, 0.25) is 0 Å². The van der Waals surface area contributed by atoms with E-state index in [0.717, 1.165) is 45.7 Å². The molecular weight excluding hydrogens is 286 g/mol. The van der Waals surface area contributed by atoms with Crippen molar-refractivity contribution in [1.29, 1.82) is 0 Å². The molecule has 0 radical (unpaired) electrons. The van der Waals surface area contributed by atoms with Gasteiger partial charge >= 0.3 is 6.03 Å². The minimum atomic E-state index is 0.247. The van der Waals surface area contributed by atoms with E-state index in [9.17, 15) is 4.79 Å². The molecule has 23 heavy (non-hydrogen) atoms. The van der Waals surface area contributed by atoms with Crippen LogP contribution in [0.2, 0.25) is 0 Å². The Balaban J connectivity index is 1.60. The second kappa shape index (κ2) is 6.81. The van der Waals surface area contributed by atoms with Crippen molar-refractivity contribution < 1.29 is 4.79 Å². The molecule has 2 heterocycles. The number of hydrogen-bond donors (Lipinski definition) is 0. The second-order valence-electron chi connectivity index (χ2n) is 7.17. The third-order valence-electron chi connectivity index (χ3n) is 5.39. The van der Waals surface area contributed by atoms with Crippen LogP contribution in [0.5, 0.6) is 0 Å². The van der Waals surface area contributed by atoms with Crippen LogP contribution in [0.25, 0.3) is 0 Å². The van der Waals surface area contributed by atoms with Crippen molar-refractivity contribution in [3.05, 3.63) is 29.3 Å². The van der Waals surface area contributed by atoms with E-state index in [1.807, 2.05) is 4.90 Å². The van der Waals surface area contributed by atoms with Gasteiger partial charge in [0.1, 0.15) is 0 Å². The van der Waals surface area contributed by atoms with Crippen LogP contribution < -0.4 is 4.90 Å². The molecule has 1 aromatic rings. The number of carbonyl (C=O) groups is 1. The molecule has 2 saturated heterocycles. The van der Waals surface area contributed by atoms with Crippen molar-refractivity contribution in [3.8, 4) is 0 Å². The van der Waals surface area contributed by atoms with Crippen LogP contribution in [0, 0.1) is 19.8 Å². The molecule has 0 aromatic heterocycles. The molecule has 0 bridgehead atoms. The fraction of sp³-hybridized carbons (Fsp3) is 0.632. The zero-order chi connectivity index (χ0) is 16.4. The third kappa shape index (κ3) is 3.46. The Hall–Kier alpha value is -1.71. The van der Waals surface area contributed by atoms with Gasteiger partial charge in [-0.1, -0.05) is 19.1 Å². The summed E-state index contributed by atoms with van der Waals surface area (Å²) < 4.78 is 0. The molecule has 126 valence electrons. The number of anilines is 1. The van der Waals surface area contributed by atoms with E-state index in [-0.39, 0.29) is 6.03 Å². The number of amides is 2. The molecule has 2 aliphatic heterocycles. The minimum Gasteiger partial charge on any atom is -0.368 e. The summed E-state index contributed by atoms with van der Waals surface area (Å²) in [7, 11) is 0. The number of piperidine rings is 1. The maximum absolute atomic E-state index is 12.7. The number of nitrogens with zero attached hydrogens (tertiary/aromatic N) is 3. The van der Waals surface area contributed by atoms with Gasteiger partial charge in [-0.05, 0) is 49.8 Å². The molecule has 0 aliphatic carbocycles. The highest BCUT2D eigenvalue weighted by molar-refractivity contribution is 5.75. The number of likely N-dealkylation sites (tertiary alicyclic amines) is 1. The summed E-state index contributed by atoms with van der Waals surface area (Å²) in [6.45, 7) is 12.0. The Bertz CT molecular complexity index is 564. The second-order valence-corrected chi connectivity index (χ2v) is 7.17. The number of rotatable bonds is 1. The van der Waals surface area contributed by atoms with Gasteiger partial charge in [-0.15, -0.1) is 0 Å².